The number of benzene rings is 1. The van der Waals surface area contributed by atoms with E-state index in [0.29, 0.717) is 17.2 Å². The minimum atomic E-state index is 0.215. The summed E-state index contributed by atoms with van der Waals surface area (Å²) >= 11 is 0. The molecule has 0 aliphatic carbocycles. The van der Waals surface area contributed by atoms with Crippen LogP contribution in [0.2, 0.25) is 0 Å². The molecule has 0 saturated heterocycles. The van der Waals surface area contributed by atoms with Gasteiger partial charge in [-0.2, -0.15) is 0 Å². The van der Waals surface area contributed by atoms with Gasteiger partial charge in [0.25, 0.3) is 0 Å². The third-order valence-electron chi connectivity index (χ3n) is 4.55. The Balaban J connectivity index is 1.69. The summed E-state index contributed by atoms with van der Waals surface area (Å²) < 4.78 is 2.01. The van der Waals surface area contributed by atoms with Crippen LogP contribution in [0.25, 0.3) is 34.5 Å². The molecule has 0 atom stereocenters. The number of aliphatic hydroxyl groups is 1. The molecule has 7 heteroatoms. The van der Waals surface area contributed by atoms with Crippen LogP contribution < -0.4 is 21.0 Å². The summed E-state index contributed by atoms with van der Waals surface area (Å²) in [6, 6.07) is 11.2. The Kier molecular flexibility index (Phi) is 3.02. The monoisotopic (exact) mass is 342 g/mol. The molecule has 26 heavy (non-hydrogen) atoms. The molecular formula is C19H14N6O. The maximum absolute atomic E-state index is 9.31. The molecule has 7 nitrogen and oxygen atoms in total. The van der Waals surface area contributed by atoms with E-state index in [1.54, 1.807) is 18.5 Å². The van der Waals surface area contributed by atoms with Gasteiger partial charge in [0.1, 0.15) is 5.35 Å². The van der Waals surface area contributed by atoms with Crippen molar-refractivity contribution in [1.82, 2.24) is 19.5 Å². The fraction of sp³-hybridized carbons (Fsp3) is 0.0526. The standard InChI is InChI=1S/C19H14N6O/c20-19-18-9-24(13-7-16-14(22-8-13)2-1-5-21-16)11-25(18)17-6-12(10-26)3-4-15(17)23-19/h1-10,20,26H,11H2. The van der Waals surface area contributed by atoms with Crippen LogP contribution in [0.3, 0.4) is 0 Å². The zero-order valence-corrected chi connectivity index (χ0v) is 13.7. The van der Waals surface area contributed by atoms with Crippen molar-refractivity contribution in [2.75, 3.05) is 4.90 Å². The Morgan fingerprint density at radius 1 is 1.08 bits per heavy atom. The molecule has 4 aromatic rings. The second kappa shape index (κ2) is 5.38. The number of fused-ring (bicyclic) bond motifs is 4. The number of aliphatic hydroxyl groups excluding tert-OH is 1. The largest absolute Gasteiger partial charge is 0.515 e. The van der Waals surface area contributed by atoms with E-state index in [4.69, 9.17) is 5.41 Å². The van der Waals surface area contributed by atoms with Gasteiger partial charge >= 0.3 is 0 Å². The van der Waals surface area contributed by atoms with Gasteiger partial charge in [-0.1, -0.05) is 0 Å². The van der Waals surface area contributed by atoms with Gasteiger partial charge in [-0.05, 0) is 36.4 Å². The first kappa shape index (κ1) is 14.6. The summed E-state index contributed by atoms with van der Waals surface area (Å²) in [4.78, 5) is 15.2. The van der Waals surface area contributed by atoms with Gasteiger partial charge in [0, 0.05) is 17.6 Å². The lowest BCUT2D eigenvalue weighted by atomic mass is 10.2. The summed E-state index contributed by atoms with van der Waals surface area (Å²) in [7, 11) is 0. The average Bonchev–Trinajstić information content (AvgIpc) is 3.14. The van der Waals surface area contributed by atoms with E-state index in [9.17, 15) is 5.11 Å². The fourth-order valence-electron chi connectivity index (χ4n) is 3.25. The Labute approximate surface area is 147 Å². The van der Waals surface area contributed by atoms with Gasteiger partial charge in [0.15, 0.2) is 5.49 Å². The van der Waals surface area contributed by atoms with Crippen molar-refractivity contribution in [3.8, 4) is 0 Å². The highest BCUT2D eigenvalue weighted by atomic mass is 16.2. The van der Waals surface area contributed by atoms with E-state index >= 15 is 0 Å². The average molecular weight is 342 g/mol. The third-order valence-corrected chi connectivity index (χ3v) is 4.55. The number of rotatable bonds is 1. The summed E-state index contributed by atoms with van der Waals surface area (Å²) in [5.74, 6) is 0. The van der Waals surface area contributed by atoms with Crippen LogP contribution in [0.1, 0.15) is 0 Å². The van der Waals surface area contributed by atoms with Crippen molar-refractivity contribution in [3.05, 3.63) is 64.8 Å². The predicted octanol–water partition coefficient (Wildman–Crippen LogP) is 0.971. The van der Waals surface area contributed by atoms with Crippen LogP contribution in [-0.4, -0.2) is 24.6 Å². The molecular weight excluding hydrogens is 328 g/mol. The van der Waals surface area contributed by atoms with E-state index in [-0.39, 0.29) is 5.49 Å². The maximum atomic E-state index is 9.31. The van der Waals surface area contributed by atoms with Crippen LogP contribution >= 0.6 is 0 Å². The van der Waals surface area contributed by atoms with Crippen molar-refractivity contribution in [1.29, 1.82) is 5.41 Å². The highest BCUT2D eigenvalue weighted by Crippen LogP contribution is 2.21. The van der Waals surface area contributed by atoms with E-state index in [1.807, 2.05) is 46.0 Å². The topological polar surface area (TPSA) is 90.9 Å². The summed E-state index contributed by atoms with van der Waals surface area (Å²) in [5, 5.41) is 19.0. The Morgan fingerprint density at radius 3 is 2.88 bits per heavy atom. The molecule has 4 heterocycles. The van der Waals surface area contributed by atoms with Crippen LogP contribution in [0.4, 0.5) is 5.69 Å². The van der Waals surface area contributed by atoms with Crippen molar-refractivity contribution >= 4 is 40.2 Å². The molecule has 0 amide bonds. The van der Waals surface area contributed by atoms with Gasteiger partial charge in [-0.25, -0.2) is 4.98 Å². The number of nitrogens with one attached hydrogen (secondary N) is 1. The highest BCUT2D eigenvalue weighted by molar-refractivity contribution is 5.80. The van der Waals surface area contributed by atoms with E-state index in [0.717, 1.165) is 34.0 Å². The molecule has 0 bridgehead atoms. The number of anilines is 1. The van der Waals surface area contributed by atoms with Crippen molar-refractivity contribution in [2.45, 2.75) is 6.67 Å². The van der Waals surface area contributed by atoms with Gasteiger partial charge < -0.3 is 14.6 Å². The number of aromatic nitrogens is 4. The Bertz CT molecular complexity index is 1360. The first-order valence-electron chi connectivity index (χ1n) is 8.12. The first-order chi connectivity index (χ1) is 12.7. The van der Waals surface area contributed by atoms with Gasteiger partial charge in [0.2, 0.25) is 0 Å². The normalized spacial score (nSPS) is 14.0. The van der Waals surface area contributed by atoms with Crippen LogP contribution in [0.5, 0.6) is 0 Å². The molecule has 5 rings (SSSR count). The predicted molar refractivity (Wildman–Crippen MR) is 98.4 cm³/mol. The number of nitrogens with zero attached hydrogens (tertiary/aromatic N) is 5. The van der Waals surface area contributed by atoms with Gasteiger partial charge in [-0.15, -0.1) is 0 Å². The summed E-state index contributed by atoms with van der Waals surface area (Å²) in [6.07, 6.45) is 6.52. The van der Waals surface area contributed by atoms with E-state index in [1.165, 1.54) is 0 Å². The van der Waals surface area contributed by atoms with E-state index in [2.05, 4.69) is 15.0 Å². The molecule has 0 radical (unpaired) electrons. The Hall–Kier alpha value is -3.74. The first-order valence-corrected chi connectivity index (χ1v) is 8.12. The molecule has 3 aromatic heterocycles. The zero-order valence-electron chi connectivity index (χ0n) is 13.7. The van der Waals surface area contributed by atoms with Crippen LogP contribution in [-0.2, 0) is 6.67 Å². The van der Waals surface area contributed by atoms with E-state index < -0.39 is 0 Å². The molecule has 0 saturated carbocycles. The molecule has 0 fully saturated rings. The molecule has 1 aromatic carbocycles. The van der Waals surface area contributed by atoms with Crippen molar-refractivity contribution in [3.63, 3.8) is 0 Å². The maximum Gasteiger partial charge on any atom is 0.170 e. The number of hydrogen-bond acceptors (Lipinski definition) is 6. The SMILES string of the molecule is N=c1nc2ccc(=CO)cc2n2c1=CN(c1cnc3cccnc3c1)C2. The zero-order chi connectivity index (χ0) is 17.7. The molecule has 1 aliphatic heterocycles. The lowest BCUT2D eigenvalue weighted by molar-refractivity contribution is 0.540. The second-order valence-corrected chi connectivity index (χ2v) is 6.13. The minimum Gasteiger partial charge on any atom is -0.515 e. The Morgan fingerprint density at radius 2 is 2.00 bits per heavy atom. The van der Waals surface area contributed by atoms with Crippen LogP contribution in [0, 0.1) is 5.41 Å². The smallest absolute Gasteiger partial charge is 0.170 e. The minimum absolute atomic E-state index is 0.215. The fourth-order valence-corrected chi connectivity index (χ4v) is 3.25. The lowest BCUT2D eigenvalue weighted by Crippen LogP contribution is -2.34. The number of pyridine rings is 2. The highest BCUT2D eigenvalue weighted by Gasteiger charge is 2.16. The van der Waals surface area contributed by atoms with Gasteiger partial charge in [0.05, 0.1) is 46.9 Å². The number of hydrogen-bond donors (Lipinski definition) is 2. The van der Waals surface area contributed by atoms with Crippen molar-refractivity contribution in [2.24, 2.45) is 0 Å². The van der Waals surface area contributed by atoms with Gasteiger partial charge in [-0.3, -0.25) is 15.4 Å². The summed E-state index contributed by atoms with van der Waals surface area (Å²) in [5.41, 5.74) is 4.37. The third kappa shape index (κ3) is 2.14. The summed E-state index contributed by atoms with van der Waals surface area (Å²) in [6.45, 7) is 0.537. The molecule has 0 unspecified atom stereocenters. The van der Waals surface area contributed by atoms with Crippen LogP contribution in [0.15, 0.2) is 48.8 Å². The molecule has 126 valence electrons. The quantitative estimate of drug-likeness (QED) is 0.538. The molecule has 1 aliphatic rings. The molecule has 2 N–H and O–H groups in total. The van der Waals surface area contributed by atoms with Crippen molar-refractivity contribution < 1.29 is 5.11 Å². The second-order valence-electron chi connectivity index (χ2n) is 6.13. The molecule has 0 spiro atoms. The lowest BCUT2D eigenvalue weighted by Gasteiger charge is -2.16.